The van der Waals surface area contributed by atoms with E-state index < -0.39 is 12.1 Å². The lowest BCUT2D eigenvalue weighted by atomic mass is 9.88. The number of rotatable bonds is 2. The number of amides is 1. The van der Waals surface area contributed by atoms with E-state index in [1.807, 2.05) is 6.07 Å². The van der Waals surface area contributed by atoms with Crippen LogP contribution < -0.4 is 0 Å². The van der Waals surface area contributed by atoms with Crippen molar-refractivity contribution in [2.45, 2.75) is 26.5 Å². The summed E-state index contributed by atoms with van der Waals surface area (Å²) in [5, 5.41) is 8.97. The minimum Gasteiger partial charge on any atom is -0.466 e. The summed E-state index contributed by atoms with van der Waals surface area (Å²) in [7, 11) is 0. The average molecular weight is 264 g/mol. The number of hydrogen-bond donors (Lipinski definition) is 0. The number of likely N-dealkylation sites (tertiary alicyclic amines) is 1. The summed E-state index contributed by atoms with van der Waals surface area (Å²) in [6.07, 6.45) is 1.64. The van der Waals surface area contributed by atoms with E-state index in [4.69, 9.17) is 14.7 Å². The standard InChI is InChI=1S/C13H16N2O4/c1-3-18-13(17)11-6-9(7-14)19-12-10(11)4-5-15(12)8(2)16/h6,10-12H,3-5H2,1-2H3. The molecule has 2 aliphatic rings. The second-order valence-electron chi connectivity index (χ2n) is 4.59. The number of ether oxygens (including phenoxy) is 2. The van der Waals surface area contributed by atoms with Crippen LogP contribution in [0.1, 0.15) is 20.3 Å². The highest BCUT2D eigenvalue weighted by Gasteiger charge is 2.47. The Morgan fingerprint density at radius 3 is 2.95 bits per heavy atom. The first-order chi connectivity index (χ1) is 9.08. The van der Waals surface area contributed by atoms with Crippen LogP contribution in [-0.2, 0) is 19.1 Å². The quantitative estimate of drug-likeness (QED) is 0.689. The highest BCUT2D eigenvalue weighted by Crippen LogP contribution is 2.38. The van der Waals surface area contributed by atoms with Crippen LogP contribution in [0.4, 0.5) is 0 Å². The molecule has 6 nitrogen and oxygen atoms in total. The first kappa shape index (κ1) is 13.4. The summed E-state index contributed by atoms with van der Waals surface area (Å²) in [6, 6.07) is 1.90. The predicted octanol–water partition coefficient (Wildman–Crippen LogP) is 0.798. The van der Waals surface area contributed by atoms with Crippen molar-refractivity contribution in [3.8, 4) is 6.07 Å². The molecule has 0 spiro atoms. The van der Waals surface area contributed by atoms with Gasteiger partial charge in [-0.1, -0.05) is 0 Å². The summed E-state index contributed by atoms with van der Waals surface area (Å²) >= 11 is 0. The summed E-state index contributed by atoms with van der Waals surface area (Å²) in [4.78, 5) is 25.0. The first-order valence-corrected chi connectivity index (χ1v) is 6.31. The van der Waals surface area contributed by atoms with E-state index in [2.05, 4.69) is 0 Å². The zero-order chi connectivity index (χ0) is 14.0. The van der Waals surface area contributed by atoms with Crippen molar-refractivity contribution < 1.29 is 19.1 Å². The molecule has 3 atom stereocenters. The molecule has 2 rings (SSSR count). The molecular formula is C13H16N2O4. The van der Waals surface area contributed by atoms with Crippen molar-refractivity contribution in [3.63, 3.8) is 0 Å². The van der Waals surface area contributed by atoms with Gasteiger partial charge in [0, 0.05) is 19.4 Å². The lowest BCUT2D eigenvalue weighted by Crippen LogP contribution is -2.43. The van der Waals surface area contributed by atoms with Crippen LogP contribution in [0.5, 0.6) is 0 Å². The van der Waals surface area contributed by atoms with Crippen LogP contribution in [0.15, 0.2) is 11.8 Å². The highest BCUT2D eigenvalue weighted by molar-refractivity contribution is 5.77. The molecule has 1 fully saturated rings. The molecular weight excluding hydrogens is 248 g/mol. The van der Waals surface area contributed by atoms with Gasteiger partial charge in [-0.15, -0.1) is 0 Å². The smallest absolute Gasteiger partial charge is 0.313 e. The van der Waals surface area contributed by atoms with E-state index >= 15 is 0 Å². The van der Waals surface area contributed by atoms with Crippen molar-refractivity contribution in [3.05, 3.63) is 11.8 Å². The van der Waals surface area contributed by atoms with Crippen LogP contribution in [-0.4, -0.2) is 36.2 Å². The third-order valence-corrected chi connectivity index (χ3v) is 3.49. The van der Waals surface area contributed by atoms with Crippen LogP contribution in [0.3, 0.4) is 0 Å². The minimum atomic E-state index is -0.536. The molecule has 2 heterocycles. The zero-order valence-electron chi connectivity index (χ0n) is 11.0. The summed E-state index contributed by atoms with van der Waals surface area (Å²) in [5.74, 6) is -1.06. The number of allylic oxidation sites excluding steroid dienone is 1. The fourth-order valence-electron chi connectivity index (χ4n) is 2.63. The number of fused-ring (bicyclic) bond motifs is 1. The third-order valence-electron chi connectivity index (χ3n) is 3.49. The van der Waals surface area contributed by atoms with E-state index in [9.17, 15) is 9.59 Å². The number of nitrogens with zero attached hydrogens (tertiary/aromatic N) is 2. The molecule has 1 amide bonds. The van der Waals surface area contributed by atoms with Gasteiger partial charge in [-0.25, -0.2) is 0 Å². The maximum atomic E-state index is 11.9. The van der Waals surface area contributed by atoms with E-state index in [1.54, 1.807) is 11.8 Å². The fourth-order valence-corrected chi connectivity index (χ4v) is 2.63. The van der Waals surface area contributed by atoms with Gasteiger partial charge in [0.25, 0.3) is 0 Å². The normalized spacial score (nSPS) is 28.8. The summed E-state index contributed by atoms with van der Waals surface area (Å²) < 4.78 is 10.5. The molecule has 0 aromatic rings. The van der Waals surface area contributed by atoms with Crippen molar-refractivity contribution in [1.82, 2.24) is 4.90 Å². The molecule has 0 radical (unpaired) electrons. The largest absolute Gasteiger partial charge is 0.466 e. The molecule has 0 bridgehead atoms. The van der Waals surface area contributed by atoms with Gasteiger partial charge in [0.1, 0.15) is 6.07 Å². The third kappa shape index (κ3) is 2.41. The topological polar surface area (TPSA) is 79.6 Å². The molecule has 19 heavy (non-hydrogen) atoms. The first-order valence-electron chi connectivity index (χ1n) is 6.31. The van der Waals surface area contributed by atoms with E-state index in [1.165, 1.54) is 13.0 Å². The highest BCUT2D eigenvalue weighted by atomic mass is 16.5. The Bertz CT molecular complexity index is 466. The Morgan fingerprint density at radius 2 is 2.37 bits per heavy atom. The summed E-state index contributed by atoms with van der Waals surface area (Å²) in [6.45, 7) is 4.02. The maximum Gasteiger partial charge on any atom is 0.313 e. The van der Waals surface area contributed by atoms with Crippen LogP contribution in [0, 0.1) is 23.2 Å². The van der Waals surface area contributed by atoms with Gasteiger partial charge in [0.15, 0.2) is 12.0 Å². The van der Waals surface area contributed by atoms with Crippen molar-refractivity contribution in [1.29, 1.82) is 5.26 Å². The van der Waals surface area contributed by atoms with Gasteiger partial charge < -0.3 is 14.4 Å². The molecule has 3 unspecified atom stereocenters. The van der Waals surface area contributed by atoms with E-state index in [0.717, 1.165) is 0 Å². The number of hydrogen-bond acceptors (Lipinski definition) is 5. The van der Waals surface area contributed by atoms with Gasteiger partial charge in [-0.3, -0.25) is 9.59 Å². The minimum absolute atomic E-state index is 0.0763. The molecule has 1 saturated heterocycles. The molecule has 6 heteroatoms. The molecule has 0 aromatic carbocycles. The summed E-state index contributed by atoms with van der Waals surface area (Å²) in [5.41, 5.74) is 0. The SMILES string of the molecule is CCOC(=O)C1C=C(C#N)OC2C1CCN2C(C)=O. The van der Waals surface area contributed by atoms with Gasteiger partial charge >= 0.3 is 5.97 Å². The van der Waals surface area contributed by atoms with Gasteiger partial charge in [0.05, 0.1) is 12.5 Å². The Labute approximate surface area is 111 Å². The van der Waals surface area contributed by atoms with Crippen LogP contribution in [0.2, 0.25) is 0 Å². The molecule has 2 aliphatic heterocycles. The molecule has 102 valence electrons. The zero-order valence-corrected chi connectivity index (χ0v) is 11.0. The van der Waals surface area contributed by atoms with E-state index in [0.29, 0.717) is 19.6 Å². The van der Waals surface area contributed by atoms with Gasteiger partial charge in [0.2, 0.25) is 5.91 Å². The lowest BCUT2D eigenvalue weighted by molar-refractivity contribution is -0.155. The second kappa shape index (κ2) is 5.31. The average Bonchev–Trinajstić information content (AvgIpc) is 2.81. The molecule has 0 aromatic heterocycles. The second-order valence-corrected chi connectivity index (χ2v) is 4.59. The monoisotopic (exact) mass is 264 g/mol. The number of carbonyl (C=O) groups is 2. The van der Waals surface area contributed by atoms with Crippen molar-refractivity contribution >= 4 is 11.9 Å². The van der Waals surface area contributed by atoms with Crippen molar-refractivity contribution in [2.24, 2.45) is 11.8 Å². The fraction of sp³-hybridized carbons (Fsp3) is 0.615. The Balaban J connectivity index is 2.26. The predicted molar refractivity (Wildman–Crippen MR) is 64.2 cm³/mol. The number of esters is 1. The Morgan fingerprint density at radius 1 is 1.63 bits per heavy atom. The van der Waals surface area contributed by atoms with Crippen LogP contribution >= 0.6 is 0 Å². The maximum absolute atomic E-state index is 11.9. The Kier molecular flexibility index (Phi) is 3.74. The molecule has 0 aliphatic carbocycles. The van der Waals surface area contributed by atoms with Gasteiger partial charge in [-0.2, -0.15) is 5.26 Å². The van der Waals surface area contributed by atoms with Crippen molar-refractivity contribution in [2.75, 3.05) is 13.2 Å². The Hall–Kier alpha value is -2.03. The molecule has 0 N–H and O–H groups in total. The van der Waals surface area contributed by atoms with Gasteiger partial charge in [-0.05, 0) is 19.4 Å². The van der Waals surface area contributed by atoms with E-state index in [-0.39, 0.29) is 23.6 Å². The number of nitriles is 1. The lowest BCUT2D eigenvalue weighted by Gasteiger charge is -2.33. The molecule has 0 saturated carbocycles. The van der Waals surface area contributed by atoms with Crippen LogP contribution in [0.25, 0.3) is 0 Å². The number of carbonyl (C=O) groups excluding carboxylic acids is 2.